The molecule has 1 aromatic carbocycles. The minimum atomic E-state index is -0.257. The molecule has 2 aliphatic heterocycles. The zero-order valence-corrected chi connectivity index (χ0v) is 16.1. The number of nitrogens with one attached hydrogen (secondary N) is 1. The molecule has 0 spiro atoms. The van der Waals surface area contributed by atoms with Gasteiger partial charge in [0.1, 0.15) is 11.5 Å². The largest absolute Gasteiger partial charge is 0.357 e. The molecule has 4 heterocycles. The molecule has 2 aromatic heterocycles. The van der Waals surface area contributed by atoms with Crippen molar-refractivity contribution in [1.29, 1.82) is 0 Å². The van der Waals surface area contributed by atoms with Crippen LogP contribution < -0.4 is 0 Å². The maximum atomic E-state index is 14.0. The Morgan fingerprint density at radius 2 is 2.18 bits per heavy atom. The van der Waals surface area contributed by atoms with Crippen molar-refractivity contribution in [1.82, 2.24) is 19.2 Å². The predicted octanol–water partition coefficient (Wildman–Crippen LogP) is 3.56. The van der Waals surface area contributed by atoms with Crippen LogP contribution in [0.4, 0.5) is 4.39 Å². The summed E-state index contributed by atoms with van der Waals surface area (Å²) in [5, 5.41) is 2.08. The van der Waals surface area contributed by atoms with Crippen LogP contribution in [0.3, 0.4) is 0 Å². The van der Waals surface area contributed by atoms with Gasteiger partial charge < -0.3 is 9.88 Å². The molecule has 0 unspecified atom stereocenters. The van der Waals surface area contributed by atoms with Crippen molar-refractivity contribution in [2.75, 3.05) is 19.6 Å². The fraction of sp³-hybridized carbons (Fsp3) is 0.333. The number of aromatic amines is 1. The fourth-order valence-corrected chi connectivity index (χ4v) is 5.30. The van der Waals surface area contributed by atoms with E-state index in [-0.39, 0.29) is 17.8 Å². The van der Waals surface area contributed by atoms with E-state index in [4.69, 9.17) is 0 Å². The molecule has 5 nitrogen and oxygen atoms in total. The van der Waals surface area contributed by atoms with Crippen LogP contribution >= 0.6 is 11.5 Å². The zero-order valence-electron chi connectivity index (χ0n) is 15.3. The first-order valence-corrected chi connectivity index (χ1v) is 10.3. The first-order chi connectivity index (χ1) is 13.7. The SMILES string of the molecule is O=C(c1ccc[nH]1)N1C[C@@H]2CN(Cc3cnsc3)C[C@@H]2[C@H]1c1cccc(F)c1. The molecule has 1 N–H and O–H groups in total. The second-order valence-corrected chi connectivity index (χ2v) is 8.35. The summed E-state index contributed by atoms with van der Waals surface area (Å²) < 4.78 is 18.2. The number of benzene rings is 1. The Hall–Kier alpha value is -2.51. The molecule has 0 aliphatic carbocycles. The van der Waals surface area contributed by atoms with E-state index in [2.05, 4.69) is 19.6 Å². The number of carbonyl (C=O) groups is 1. The third-order valence-electron chi connectivity index (χ3n) is 5.91. The fourth-order valence-electron chi connectivity index (χ4n) is 4.77. The van der Waals surface area contributed by atoms with Crippen molar-refractivity contribution in [3.05, 3.63) is 76.8 Å². The van der Waals surface area contributed by atoms with Crippen LogP contribution in [0.15, 0.2) is 54.2 Å². The molecular formula is C21H21FN4OS. The molecule has 1 amide bonds. The average molecular weight is 396 g/mol. The Labute approximate surface area is 167 Å². The number of aromatic nitrogens is 2. The Bertz CT molecular complexity index is 959. The smallest absolute Gasteiger partial charge is 0.270 e. The van der Waals surface area contributed by atoms with Crippen molar-refractivity contribution in [2.45, 2.75) is 12.6 Å². The topological polar surface area (TPSA) is 52.2 Å². The number of rotatable bonds is 4. The molecule has 0 radical (unpaired) electrons. The number of likely N-dealkylation sites (tertiary alicyclic amines) is 2. The summed E-state index contributed by atoms with van der Waals surface area (Å²) in [5.74, 6) is 0.417. The summed E-state index contributed by atoms with van der Waals surface area (Å²) in [6.07, 6.45) is 3.68. The molecular weight excluding hydrogens is 375 g/mol. The van der Waals surface area contributed by atoms with E-state index in [1.807, 2.05) is 23.2 Å². The summed E-state index contributed by atoms with van der Waals surface area (Å²) in [4.78, 5) is 20.5. The number of halogens is 1. The van der Waals surface area contributed by atoms with E-state index < -0.39 is 0 Å². The monoisotopic (exact) mass is 396 g/mol. The average Bonchev–Trinajstić information content (AvgIpc) is 3.46. The van der Waals surface area contributed by atoms with Gasteiger partial charge in [0, 0.05) is 49.9 Å². The van der Waals surface area contributed by atoms with Crippen molar-refractivity contribution < 1.29 is 9.18 Å². The first kappa shape index (κ1) is 17.6. The van der Waals surface area contributed by atoms with E-state index in [9.17, 15) is 9.18 Å². The number of carbonyl (C=O) groups excluding carboxylic acids is 1. The van der Waals surface area contributed by atoms with Crippen LogP contribution in [-0.2, 0) is 6.54 Å². The summed E-state index contributed by atoms with van der Waals surface area (Å²) >= 11 is 1.47. The molecule has 0 bridgehead atoms. The van der Waals surface area contributed by atoms with Gasteiger partial charge in [0.2, 0.25) is 0 Å². The van der Waals surface area contributed by atoms with E-state index in [1.54, 1.807) is 24.4 Å². The van der Waals surface area contributed by atoms with E-state index in [0.717, 1.165) is 25.2 Å². The van der Waals surface area contributed by atoms with E-state index >= 15 is 0 Å². The van der Waals surface area contributed by atoms with Crippen molar-refractivity contribution >= 4 is 17.4 Å². The second-order valence-electron chi connectivity index (χ2n) is 7.69. The summed E-state index contributed by atoms with van der Waals surface area (Å²) in [6.45, 7) is 3.42. The number of nitrogens with zero attached hydrogens (tertiary/aromatic N) is 3. The molecule has 144 valence electrons. The minimum absolute atomic E-state index is 0.0118. The van der Waals surface area contributed by atoms with Gasteiger partial charge in [-0.3, -0.25) is 9.69 Å². The number of hydrogen-bond donors (Lipinski definition) is 1. The standard InChI is InChI=1S/C21H21FN4OS/c22-17-4-1-3-15(7-17)20-18-12-25(9-14-8-24-28-13-14)10-16(18)11-26(20)21(27)19-5-2-6-23-19/h1-8,13,16,18,20,23H,9-12H2/t16-,18-,20+/m0/s1. The number of H-pyrrole nitrogens is 1. The maximum Gasteiger partial charge on any atom is 0.270 e. The Balaban J connectivity index is 1.43. The van der Waals surface area contributed by atoms with Gasteiger partial charge in [-0.05, 0) is 52.8 Å². The van der Waals surface area contributed by atoms with Gasteiger partial charge in [-0.2, -0.15) is 0 Å². The van der Waals surface area contributed by atoms with Crippen molar-refractivity contribution in [3.63, 3.8) is 0 Å². The molecule has 7 heteroatoms. The molecule has 3 atom stereocenters. The lowest BCUT2D eigenvalue weighted by Gasteiger charge is -2.29. The lowest BCUT2D eigenvalue weighted by molar-refractivity contribution is 0.0694. The van der Waals surface area contributed by atoms with Gasteiger partial charge in [0.05, 0.1) is 6.04 Å². The number of amides is 1. The van der Waals surface area contributed by atoms with E-state index in [1.165, 1.54) is 23.2 Å². The highest BCUT2D eigenvalue weighted by atomic mass is 32.1. The summed E-state index contributed by atoms with van der Waals surface area (Å²) in [6, 6.07) is 10.2. The molecule has 5 rings (SSSR count). The van der Waals surface area contributed by atoms with Crippen molar-refractivity contribution in [2.24, 2.45) is 11.8 Å². The van der Waals surface area contributed by atoms with Gasteiger partial charge in [0.25, 0.3) is 5.91 Å². The molecule has 3 aromatic rings. The molecule has 2 fully saturated rings. The molecule has 2 aliphatic rings. The van der Waals surface area contributed by atoms with Crippen LogP contribution in [-0.4, -0.2) is 44.7 Å². The summed E-state index contributed by atoms with van der Waals surface area (Å²) in [5.41, 5.74) is 2.70. The highest BCUT2D eigenvalue weighted by Crippen LogP contribution is 2.45. The van der Waals surface area contributed by atoms with Crippen LogP contribution in [0, 0.1) is 17.7 Å². The van der Waals surface area contributed by atoms with Gasteiger partial charge in [-0.15, -0.1) is 0 Å². The van der Waals surface area contributed by atoms with Crippen LogP contribution in [0.2, 0.25) is 0 Å². The Morgan fingerprint density at radius 3 is 2.93 bits per heavy atom. The lowest BCUT2D eigenvalue weighted by Crippen LogP contribution is -2.35. The van der Waals surface area contributed by atoms with Crippen LogP contribution in [0.1, 0.15) is 27.7 Å². The zero-order chi connectivity index (χ0) is 19.1. The second kappa shape index (κ2) is 7.14. The Kier molecular flexibility index (Phi) is 4.49. The van der Waals surface area contributed by atoms with Gasteiger partial charge in [-0.1, -0.05) is 12.1 Å². The predicted molar refractivity (Wildman–Crippen MR) is 105 cm³/mol. The number of fused-ring (bicyclic) bond motifs is 1. The first-order valence-electron chi connectivity index (χ1n) is 9.49. The third-order valence-corrected chi connectivity index (χ3v) is 6.54. The van der Waals surface area contributed by atoms with E-state index in [0.29, 0.717) is 24.1 Å². The maximum absolute atomic E-state index is 14.0. The molecule has 2 saturated heterocycles. The molecule has 28 heavy (non-hydrogen) atoms. The van der Waals surface area contributed by atoms with Crippen LogP contribution in [0.5, 0.6) is 0 Å². The van der Waals surface area contributed by atoms with Crippen molar-refractivity contribution in [3.8, 4) is 0 Å². The quantitative estimate of drug-likeness (QED) is 0.734. The Morgan fingerprint density at radius 1 is 1.25 bits per heavy atom. The highest BCUT2D eigenvalue weighted by molar-refractivity contribution is 7.03. The summed E-state index contributed by atoms with van der Waals surface area (Å²) in [7, 11) is 0. The third kappa shape index (κ3) is 3.14. The highest BCUT2D eigenvalue weighted by Gasteiger charge is 2.49. The normalized spacial score (nSPS) is 24.6. The lowest BCUT2D eigenvalue weighted by atomic mass is 9.89. The van der Waals surface area contributed by atoms with Gasteiger partial charge >= 0.3 is 0 Å². The number of hydrogen-bond acceptors (Lipinski definition) is 4. The minimum Gasteiger partial charge on any atom is -0.357 e. The van der Waals surface area contributed by atoms with Crippen LogP contribution in [0.25, 0.3) is 0 Å². The van der Waals surface area contributed by atoms with Gasteiger partial charge in [0.15, 0.2) is 0 Å². The van der Waals surface area contributed by atoms with Gasteiger partial charge in [-0.25, -0.2) is 8.76 Å². The molecule has 0 saturated carbocycles.